The first-order valence-electron chi connectivity index (χ1n) is 7.99. The van der Waals surface area contributed by atoms with Crippen LogP contribution in [0.25, 0.3) is 17.3 Å². The molecular formula is C20H15ClN2O2. The maximum atomic E-state index is 11.0. The normalized spacial score (nSPS) is 14.7. The minimum Gasteiger partial charge on any atom is -0.478 e. The number of carboxylic acid groups (broad SMARTS) is 1. The average Bonchev–Trinajstić information content (AvgIpc) is 3.20. The molecule has 0 amide bonds. The predicted octanol–water partition coefficient (Wildman–Crippen LogP) is 4.71. The summed E-state index contributed by atoms with van der Waals surface area (Å²) in [5.74, 6) is -0.930. The second kappa shape index (κ2) is 6.22. The van der Waals surface area contributed by atoms with Crippen LogP contribution in [0, 0.1) is 0 Å². The zero-order valence-electron chi connectivity index (χ0n) is 13.3. The molecule has 2 aromatic carbocycles. The van der Waals surface area contributed by atoms with E-state index in [9.17, 15) is 4.79 Å². The standard InChI is InChI=1S/C20H15ClN2O2/c21-17-7-1-13(2-8-17)11-15-3-4-16-12-22-23(19(15)16)18-9-5-14(6-10-18)20(24)25/h1-2,5-12H,3-4H2,(H,24,25)/b15-11-. The quantitative estimate of drug-likeness (QED) is 0.744. The number of carboxylic acids is 1. The Morgan fingerprint density at radius 3 is 2.48 bits per heavy atom. The molecule has 4 nitrogen and oxygen atoms in total. The number of aromatic carboxylic acids is 1. The molecular weight excluding hydrogens is 336 g/mol. The summed E-state index contributed by atoms with van der Waals surface area (Å²) in [4.78, 5) is 11.0. The number of nitrogens with zero attached hydrogens (tertiary/aromatic N) is 2. The summed E-state index contributed by atoms with van der Waals surface area (Å²) in [6.45, 7) is 0. The second-order valence-electron chi connectivity index (χ2n) is 6.00. The van der Waals surface area contributed by atoms with Crippen molar-refractivity contribution in [3.8, 4) is 5.69 Å². The molecule has 1 aromatic heterocycles. The van der Waals surface area contributed by atoms with Crippen LogP contribution in [0.15, 0.2) is 54.7 Å². The second-order valence-corrected chi connectivity index (χ2v) is 6.44. The van der Waals surface area contributed by atoms with Gasteiger partial charge in [-0.25, -0.2) is 9.48 Å². The number of carbonyl (C=O) groups is 1. The van der Waals surface area contributed by atoms with Gasteiger partial charge in [-0.05, 0) is 72.0 Å². The van der Waals surface area contributed by atoms with Crippen LogP contribution in [-0.4, -0.2) is 20.9 Å². The van der Waals surface area contributed by atoms with Gasteiger partial charge in [0, 0.05) is 5.02 Å². The molecule has 3 aromatic rings. The first-order valence-corrected chi connectivity index (χ1v) is 8.37. The van der Waals surface area contributed by atoms with Gasteiger partial charge in [-0.3, -0.25) is 0 Å². The monoisotopic (exact) mass is 350 g/mol. The molecule has 0 radical (unpaired) electrons. The lowest BCUT2D eigenvalue weighted by molar-refractivity contribution is 0.0697. The highest BCUT2D eigenvalue weighted by Gasteiger charge is 2.22. The number of allylic oxidation sites excluding steroid dienone is 1. The fourth-order valence-electron chi connectivity index (χ4n) is 3.14. The lowest BCUT2D eigenvalue weighted by atomic mass is 10.1. The largest absolute Gasteiger partial charge is 0.478 e. The summed E-state index contributed by atoms with van der Waals surface area (Å²) < 4.78 is 1.88. The van der Waals surface area contributed by atoms with Crippen LogP contribution in [0.5, 0.6) is 0 Å². The van der Waals surface area contributed by atoms with E-state index in [1.54, 1.807) is 24.3 Å². The summed E-state index contributed by atoms with van der Waals surface area (Å²) in [6, 6.07) is 14.5. The van der Waals surface area contributed by atoms with Crippen LogP contribution in [0.4, 0.5) is 0 Å². The van der Waals surface area contributed by atoms with E-state index in [0.717, 1.165) is 34.8 Å². The molecule has 0 spiro atoms. The third-order valence-corrected chi connectivity index (χ3v) is 4.63. The van der Waals surface area contributed by atoms with Crippen molar-refractivity contribution >= 4 is 29.2 Å². The Morgan fingerprint density at radius 1 is 1.08 bits per heavy atom. The van der Waals surface area contributed by atoms with E-state index in [2.05, 4.69) is 11.2 Å². The summed E-state index contributed by atoms with van der Waals surface area (Å²) in [6.07, 6.45) is 5.97. The van der Waals surface area contributed by atoms with Crippen molar-refractivity contribution in [1.82, 2.24) is 9.78 Å². The number of aromatic nitrogens is 2. The Balaban J connectivity index is 1.74. The van der Waals surface area contributed by atoms with Gasteiger partial charge in [0.1, 0.15) is 0 Å². The molecule has 0 atom stereocenters. The van der Waals surface area contributed by atoms with E-state index in [0.29, 0.717) is 0 Å². The van der Waals surface area contributed by atoms with Gasteiger partial charge in [-0.2, -0.15) is 5.10 Å². The molecule has 124 valence electrons. The Hall–Kier alpha value is -2.85. The average molecular weight is 351 g/mol. The Bertz CT molecular complexity index is 970. The molecule has 0 saturated carbocycles. The fourth-order valence-corrected chi connectivity index (χ4v) is 3.26. The van der Waals surface area contributed by atoms with Gasteiger partial charge in [0.25, 0.3) is 0 Å². The number of hydrogen-bond donors (Lipinski definition) is 1. The Kier molecular flexibility index (Phi) is 3.90. The van der Waals surface area contributed by atoms with Gasteiger partial charge < -0.3 is 5.11 Å². The molecule has 1 heterocycles. The molecule has 5 heteroatoms. The number of hydrogen-bond acceptors (Lipinski definition) is 2. The van der Waals surface area contributed by atoms with Crippen LogP contribution >= 0.6 is 11.6 Å². The van der Waals surface area contributed by atoms with Crippen LogP contribution in [-0.2, 0) is 6.42 Å². The van der Waals surface area contributed by atoms with Gasteiger partial charge in [0.05, 0.1) is 23.1 Å². The highest BCUT2D eigenvalue weighted by atomic mass is 35.5. The number of rotatable bonds is 3. The predicted molar refractivity (Wildman–Crippen MR) is 98.2 cm³/mol. The maximum Gasteiger partial charge on any atom is 0.335 e. The van der Waals surface area contributed by atoms with E-state index in [4.69, 9.17) is 16.7 Å². The molecule has 0 aliphatic heterocycles. The first kappa shape index (κ1) is 15.7. The fraction of sp³-hybridized carbons (Fsp3) is 0.100. The Labute approximate surface area is 150 Å². The molecule has 0 unspecified atom stereocenters. The summed E-state index contributed by atoms with van der Waals surface area (Å²) in [5, 5.41) is 14.3. The zero-order chi connectivity index (χ0) is 17.4. The van der Waals surface area contributed by atoms with Crippen molar-refractivity contribution in [1.29, 1.82) is 0 Å². The third kappa shape index (κ3) is 2.96. The molecule has 0 saturated heterocycles. The third-order valence-electron chi connectivity index (χ3n) is 4.38. The zero-order valence-corrected chi connectivity index (χ0v) is 14.1. The summed E-state index contributed by atoms with van der Waals surface area (Å²) in [5.41, 5.74) is 5.75. The summed E-state index contributed by atoms with van der Waals surface area (Å²) in [7, 11) is 0. The van der Waals surface area contributed by atoms with Crippen molar-refractivity contribution in [2.24, 2.45) is 0 Å². The van der Waals surface area contributed by atoms with Crippen LogP contribution < -0.4 is 0 Å². The summed E-state index contributed by atoms with van der Waals surface area (Å²) >= 11 is 5.96. The van der Waals surface area contributed by atoms with Crippen molar-refractivity contribution in [3.63, 3.8) is 0 Å². The highest BCUT2D eigenvalue weighted by molar-refractivity contribution is 6.30. The topological polar surface area (TPSA) is 55.1 Å². The van der Waals surface area contributed by atoms with Gasteiger partial charge >= 0.3 is 5.97 Å². The van der Waals surface area contributed by atoms with E-state index >= 15 is 0 Å². The van der Waals surface area contributed by atoms with Crippen LogP contribution in [0.2, 0.25) is 5.02 Å². The van der Waals surface area contributed by atoms with Crippen LogP contribution in [0.1, 0.15) is 33.6 Å². The van der Waals surface area contributed by atoms with Crippen molar-refractivity contribution in [3.05, 3.63) is 82.1 Å². The lowest BCUT2D eigenvalue weighted by Crippen LogP contribution is -2.02. The number of benzene rings is 2. The highest BCUT2D eigenvalue weighted by Crippen LogP contribution is 2.35. The molecule has 25 heavy (non-hydrogen) atoms. The number of fused-ring (bicyclic) bond motifs is 1. The van der Waals surface area contributed by atoms with Gasteiger partial charge in [0.2, 0.25) is 0 Å². The van der Waals surface area contributed by atoms with E-state index in [1.165, 1.54) is 11.1 Å². The molecule has 1 aliphatic carbocycles. The molecule has 0 bridgehead atoms. The molecule has 1 aliphatic rings. The van der Waals surface area contributed by atoms with Crippen molar-refractivity contribution < 1.29 is 9.90 Å². The maximum absolute atomic E-state index is 11.0. The van der Waals surface area contributed by atoms with E-state index in [1.807, 2.05) is 35.1 Å². The minimum atomic E-state index is -0.930. The smallest absolute Gasteiger partial charge is 0.335 e. The van der Waals surface area contributed by atoms with Gasteiger partial charge in [-0.1, -0.05) is 23.7 Å². The van der Waals surface area contributed by atoms with E-state index < -0.39 is 5.97 Å². The molecule has 1 N–H and O–H groups in total. The first-order chi connectivity index (χ1) is 12.1. The van der Waals surface area contributed by atoms with Gasteiger partial charge in [0.15, 0.2) is 0 Å². The molecule has 0 fully saturated rings. The number of halogens is 1. The van der Waals surface area contributed by atoms with Gasteiger partial charge in [-0.15, -0.1) is 0 Å². The van der Waals surface area contributed by atoms with Crippen molar-refractivity contribution in [2.75, 3.05) is 0 Å². The Morgan fingerprint density at radius 2 is 1.80 bits per heavy atom. The SMILES string of the molecule is O=C(O)c1ccc(-n2ncc3c2/C(=C\c2ccc(Cl)cc2)CC3)cc1. The molecule has 4 rings (SSSR count). The van der Waals surface area contributed by atoms with Crippen LogP contribution in [0.3, 0.4) is 0 Å². The van der Waals surface area contributed by atoms with Crippen molar-refractivity contribution in [2.45, 2.75) is 12.8 Å². The van der Waals surface area contributed by atoms with E-state index in [-0.39, 0.29) is 5.56 Å². The number of aryl methyl sites for hydroxylation is 1. The lowest BCUT2D eigenvalue weighted by Gasteiger charge is -2.08. The minimum absolute atomic E-state index is 0.268.